The third-order valence-corrected chi connectivity index (χ3v) is 4.11. The fourth-order valence-corrected chi connectivity index (χ4v) is 2.75. The van der Waals surface area contributed by atoms with Crippen molar-refractivity contribution in [2.24, 2.45) is 0 Å². The lowest BCUT2D eigenvalue weighted by Crippen LogP contribution is -2.12. The van der Waals surface area contributed by atoms with Crippen LogP contribution in [0.2, 0.25) is 0 Å². The van der Waals surface area contributed by atoms with Crippen LogP contribution in [0.3, 0.4) is 0 Å². The first kappa shape index (κ1) is 17.0. The van der Waals surface area contributed by atoms with Crippen LogP contribution in [0, 0.1) is 22.9 Å². The molecule has 0 atom stereocenters. The Morgan fingerprint density at radius 2 is 1.96 bits per heavy atom. The Kier molecular flexibility index (Phi) is 5.70. The smallest absolute Gasteiger partial charge is 0.274 e. The van der Waals surface area contributed by atoms with Gasteiger partial charge in [-0.1, -0.05) is 6.07 Å². The lowest BCUT2D eigenvalue weighted by Gasteiger charge is -2.06. The SMILES string of the molecule is Cc1ccc(NC(=O)CCSc2ccc(F)cc2)cc1[N+](=O)[O-]. The predicted octanol–water partition coefficient (Wildman–Crippen LogP) is 4.16. The van der Waals surface area contributed by atoms with E-state index in [1.54, 1.807) is 31.2 Å². The first-order chi connectivity index (χ1) is 11.0. The molecule has 0 saturated heterocycles. The summed E-state index contributed by atoms with van der Waals surface area (Å²) in [6.45, 7) is 1.64. The molecule has 2 rings (SSSR count). The van der Waals surface area contributed by atoms with Crippen molar-refractivity contribution in [3.63, 3.8) is 0 Å². The topological polar surface area (TPSA) is 72.2 Å². The van der Waals surface area contributed by atoms with Gasteiger partial charge < -0.3 is 5.32 Å². The van der Waals surface area contributed by atoms with Crippen molar-refractivity contribution in [1.29, 1.82) is 0 Å². The summed E-state index contributed by atoms with van der Waals surface area (Å²) in [6.07, 6.45) is 0.254. The third-order valence-electron chi connectivity index (χ3n) is 3.10. The van der Waals surface area contributed by atoms with Crippen molar-refractivity contribution in [1.82, 2.24) is 0 Å². The van der Waals surface area contributed by atoms with E-state index in [1.807, 2.05) is 0 Å². The van der Waals surface area contributed by atoms with Crippen molar-refractivity contribution >= 4 is 29.0 Å². The molecule has 0 aliphatic heterocycles. The Bertz CT molecular complexity index is 720. The molecule has 0 radical (unpaired) electrons. The predicted molar refractivity (Wildman–Crippen MR) is 88.2 cm³/mol. The molecule has 0 aromatic heterocycles. The Balaban J connectivity index is 1.86. The summed E-state index contributed by atoms with van der Waals surface area (Å²) in [5.74, 6) is 0.0108. The number of rotatable bonds is 6. The molecule has 0 bridgehead atoms. The Labute approximate surface area is 137 Å². The van der Waals surface area contributed by atoms with Gasteiger partial charge in [0.25, 0.3) is 5.69 Å². The number of anilines is 1. The highest BCUT2D eigenvalue weighted by molar-refractivity contribution is 7.99. The maximum absolute atomic E-state index is 12.8. The highest BCUT2D eigenvalue weighted by Gasteiger charge is 2.12. The fourth-order valence-electron chi connectivity index (χ4n) is 1.90. The van der Waals surface area contributed by atoms with Gasteiger partial charge in [0, 0.05) is 34.4 Å². The number of carbonyl (C=O) groups is 1. The number of nitro benzene ring substituents is 1. The molecule has 120 valence electrons. The largest absolute Gasteiger partial charge is 0.326 e. The summed E-state index contributed by atoms with van der Waals surface area (Å²) in [4.78, 5) is 23.1. The molecule has 23 heavy (non-hydrogen) atoms. The third kappa shape index (κ3) is 5.07. The number of amides is 1. The van der Waals surface area contributed by atoms with Crippen LogP contribution in [0.5, 0.6) is 0 Å². The van der Waals surface area contributed by atoms with E-state index < -0.39 is 4.92 Å². The van der Waals surface area contributed by atoms with Crippen LogP contribution in [0.25, 0.3) is 0 Å². The highest BCUT2D eigenvalue weighted by Crippen LogP contribution is 2.23. The van der Waals surface area contributed by atoms with E-state index in [4.69, 9.17) is 0 Å². The van der Waals surface area contributed by atoms with Crippen molar-refractivity contribution in [2.45, 2.75) is 18.2 Å². The van der Waals surface area contributed by atoms with Gasteiger partial charge in [0.1, 0.15) is 5.82 Å². The van der Waals surface area contributed by atoms with Crippen LogP contribution < -0.4 is 5.32 Å². The number of nitrogens with zero attached hydrogens (tertiary/aromatic N) is 1. The van der Waals surface area contributed by atoms with Gasteiger partial charge in [-0.15, -0.1) is 11.8 Å². The van der Waals surface area contributed by atoms with E-state index >= 15 is 0 Å². The lowest BCUT2D eigenvalue weighted by atomic mass is 10.2. The summed E-state index contributed by atoms with van der Waals surface area (Å²) in [6, 6.07) is 10.6. The van der Waals surface area contributed by atoms with Crippen LogP contribution in [-0.4, -0.2) is 16.6 Å². The molecule has 0 unspecified atom stereocenters. The van der Waals surface area contributed by atoms with Crippen LogP contribution in [0.4, 0.5) is 15.8 Å². The van der Waals surface area contributed by atoms with Gasteiger partial charge in [0.15, 0.2) is 0 Å². The van der Waals surface area contributed by atoms with E-state index in [1.165, 1.54) is 30.0 Å². The van der Waals surface area contributed by atoms with E-state index in [0.717, 1.165) is 4.90 Å². The number of benzene rings is 2. The molecular weight excluding hydrogens is 319 g/mol. The zero-order chi connectivity index (χ0) is 16.8. The number of nitrogens with one attached hydrogen (secondary N) is 1. The molecule has 0 saturated carbocycles. The molecular formula is C16H15FN2O3S. The van der Waals surface area contributed by atoms with Crippen LogP contribution in [0.15, 0.2) is 47.4 Å². The first-order valence-electron chi connectivity index (χ1n) is 6.89. The van der Waals surface area contributed by atoms with E-state index in [-0.39, 0.29) is 23.8 Å². The number of nitro groups is 1. The second-order valence-corrected chi connectivity index (χ2v) is 6.03. The second kappa shape index (κ2) is 7.73. The van der Waals surface area contributed by atoms with E-state index in [9.17, 15) is 19.3 Å². The Morgan fingerprint density at radius 3 is 2.61 bits per heavy atom. The Morgan fingerprint density at radius 1 is 1.26 bits per heavy atom. The first-order valence-corrected chi connectivity index (χ1v) is 7.87. The summed E-state index contributed by atoms with van der Waals surface area (Å²) >= 11 is 1.44. The number of aryl methyl sites for hydroxylation is 1. The van der Waals surface area contributed by atoms with E-state index in [0.29, 0.717) is 17.0 Å². The summed E-state index contributed by atoms with van der Waals surface area (Å²) in [5, 5.41) is 13.5. The highest BCUT2D eigenvalue weighted by atomic mass is 32.2. The van der Waals surface area contributed by atoms with Crippen molar-refractivity contribution in [2.75, 3.05) is 11.1 Å². The molecule has 0 fully saturated rings. The summed E-state index contributed by atoms with van der Waals surface area (Å²) < 4.78 is 12.8. The molecule has 0 aliphatic carbocycles. The average Bonchev–Trinajstić information content (AvgIpc) is 2.51. The van der Waals surface area contributed by atoms with Crippen molar-refractivity contribution in [3.05, 3.63) is 64.0 Å². The lowest BCUT2D eigenvalue weighted by molar-refractivity contribution is -0.385. The van der Waals surface area contributed by atoms with Crippen LogP contribution in [0.1, 0.15) is 12.0 Å². The zero-order valence-electron chi connectivity index (χ0n) is 12.4. The maximum Gasteiger partial charge on any atom is 0.274 e. The quantitative estimate of drug-likeness (QED) is 0.489. The second-order valence-electron chi connectivity index (χ2n) is 4.86. The fraction of sp³-hybridized carbons (Fsp3) is 0.188. The molecule has 5 nitrogen and oxygen atoms in total. The van der Waals surface area contributed by atoms with Gasteiger partial charge in [-0.05, 0) is 37.3 Å². The molecule has 1 amide bonds. The van der Waals surface area contributed by atoms with Crippen LogP contribution in [-0.2, 0) is 4.79 Å². The number of hydrogen-bond acceptors (Lipinski definition) is 4. The van der Waals surface area contributed by atoms with Gasteiger partial charge >= 0.3 is 0 Å². The molecule has 0 heterocycles. The van der Waals surface area contributed by atoms with Gasteiger partial charge in [0.05, 0.1) is 4.92 Å². The molecule has 7 heteroatoms. The van der Waals surface area contributed by atoms with Crippen molar-refractivity contribution in [3.8, 4) is 0 Å². The molecule has 2 aromatic carbocycles. The van der Waals surface area contributed by atoms with Gasteiger partial charge in [-0.3, -0.25) is 14.9 Å². The summed E-state index contributed by atoms with van der Waals surface area (Å²) in [5.41, 5.74) is 0.919. The number of carbonyl (C=O) groups excluding carboxylic acids is 1. The van der Waals surface area contributed by atoms with Gasteiger partial charge in [-0.2, -0.15) is 0 Å². The minimum atomic E-state index is -0.477. The Hall–Kier alpha value is -2.41. The molecule has 0 aliphatic rings. The van der Waals surface area contributed by atoms with Gasteiger partial charge in [-0.25, -0.2) is 4.39 Å². The van der Waals surface area contributed by atoms with Crippen LogP contribution >= 0.6 is 11.8 Å². The number of halogens is 1. The summed E-state index contributed by atoms with van der Waals surface area (Å²) in [7, 11) is 0. The molecule has 0 spiro atoms. The minimum absolute atomic E-state index is 0.0245. The standard InChI is InChI=1S/C16H15FN2O3S/c1-11-2-5-13(10-15(11)19(21)22)18-16(20)8-9-23-14-6-3-12(17)4-7-14/h2-7,10H,8-9H2,1H3,(H,18,20). The van der Waals surface area contributed by atoms with Crippen molar-refractivity contribution < 1.29 is 14.1 Å². The maximum atomic E-state index is 12.8. The zero-order valence-corrected chi connectivity index (χ0v) is 13.2. The average molecular weight is 334 g/mol. The monoisotopic (exact) mass is 334 g/mol. The number of hydrogen-bond donors (Lipinski definition) is 1. The molecule has 1 N–H and O–H groups in total. The number of thioether (sulfide) groups is 1. The minimum Gasteiger partial charge on any atom is -0.326 e. The van der Waals surface area contributed by atoms with Gasteiger partial charge in [0.2, 0.25) is 5.91 Å². The molecule has 2 aromatic rings. The van der Waals surface area contributed by atoms with E-state index in [2.05, 4.69) is 5.32 Å². The normalized spacial score (nSPS) is 10.3.